The number of benzene rings is 1. The lowest BCUT2D eigenvalue weighted by Crippen LogP contribution is -2.30. The van der Waals surface area contributed by atoms with E-state index in [1.807, 2.05) is 30.3 Å². The van der Waals surface area contributed by atoms with Gasteiger partial charge in [0.15, 0.2) is 0 Å². The first-order valence-corrected chi connectivity index (χ1v) is 9.74. The number of likely N-dealkylation sites (N-methyl/N-ethyl adjacent to an activating group) is 1. The lowest BCUT2D eigenvalue weighted by Gasteiger charge is -2.18. The normalized spacial score (nSPS) is 10.3. The maximum Gasteiger partial charge on any atom is 0.348 e. The molecule has 0 spiro atoms. The van der Waals surface area contributed by atoms with Crippen LogP contribution in [0.4, 0.5) is 10.7 Å². The number of carbonyl (C=O) groups excluding carboxylic acids is 3. The number of nitrogens with one attached hydrogen (secondary N) is 1. The van der Waals surface area contributed by atoms with Gasteiger partial charge in [-0.3, -0.25) is 4.79 Å². The van der Waals surface area contributed by atoms with Gasteiger partial charge in [0.1, 0.15) is 9.88 Å². The number of thiophene rings is 1. The number of rotatable bonds is 8. The van der Waals surface area contributed by atoms with Crippen molar-refractivity contribution in [1.29, 1.82) is 0 Å². The van der Waals surface area contributed by atoms with Crippen molar-refractivity contribution < 1.29 is 23.9 Å². The molecule has 0 radical (unpaired) electrons. The Labute approximate surface area is 168 Å². The second kappa shape index (κ2) is 9.89. The molecule has 1 aromatic carbocycles. The molecule has 2 rings (SSSR count). The molecule has 0 unspecified atom stereocenters. The smallest absolute Gasteiger partial charge is 0.348 e. The molecule has 0 atom stereocenters. The lowest BCUT2D eigenvalue weighted by atomic mass is 10.1. The number of carbonyl (C=O) groups is 3. The minimum Gasteiger partial charge on any atom is -0.462 e. The fraction of sp³-hybridized carbons (Fsp3) is 0.350. The molecule has 1 N–H and O–H groups in total. The summed E-state index contributed by atoms with van der Waals surface area (Å²) in [7, 11) is 1.80. The molecular weight excluding hydrogens is 380 g/mol. The van der Waals surface area contributed by atoms with Gasteiger partial charge in [-0.25, -0.2) is 9.59 Å². The van der Waals surface area contributed by atoms with Gasteiger partial charge in [0.2, 0.25) is 5.91 Å². The highest BCUT2D eigenvalue weighted by Crippen LogP contribution is 2.34. The number of hydrogen-bond donors (Lipinski definition) is 1. The van der Waals surface area contributed by atoms with Gasteiger partial charge in [-0.05, 0) is 38.5 Å². The first-order chi connectivity index (χ1) is 13.4. The Morgan fingerprint density at radius 3 is 2.25 bits per heavy atom. The molecule has 150 valence electrons. The number of amides is 1. The molecule has 0 aliphatic carbocycles. The standard InChI is InChI=1S/C20H24N2O5S/c1-5-26-19(24)16-13(3)17(20(25)27-6-2)28-18(16)21-15(23)12-22(4)14-10-8-7-9-11-14/h7-11H,5-6,12H2,1-4H3,(H,21,23). The first kappa shape index (κ1) is 21.4. The zero-order valence-corrected chi connectivity index (χ0v) is 17.2. The highest BCUT2D eigenvalue weighted by atomic mass is 32.1. The number of anilines is 2. The van der Waals surface area contributed by atoms with Crippen LogP contribution >= 0.6 is 11.3 Å². The molecule has 7 nitrogen and oxygen atoms in total. The zero-order chi connectivity index (χ0) is 20.7. The third kappa shape index (κ3) is 5.10. The van der Waals surface area contributed by atoms with E-state index in [2.05, 4.69) is 5.32 Å². The SMILES string of the molecule is CCOC(=O)c1sc(NC(=O)CN(C)c2ccccc2)c(C(=O)OCC)c1C. The molecule has 2 aromatic rings. The fourth-order valence-corrected chi connectivity index (χ4v) is 3.70. The molecule has 0 aliphatic heterocycles. The maximum atomic E-state index is 12.5. The van der Waals surface area contributed by atoms with E-state index in [0.29, 0.717) is 5.56 Å². The number of ether oxygens (including phenoxy) is 2. The quantitative estimate of drug-likeness (QED) is 0.678. The minimum absolute atomic E-state index is 0.0813. The van der Waals surface area contributed by atoms with Crippen LogP contribution in [0.5, 0.6) is 0 Å². The van der Waals surface area contributed by atoms with Gasteiger partial charge >= 0.3 is 11.9 Å². The molecule has 0 bridgehead atoms. The van der Waals surface area contributed by atoms with Crippen LogP contribution in [0.25, 0.3) is 0 Å². The minimum atomic E-state index is -0.585. The molecule has 1 amide bonds. The summed E-state index contributed by atoms with van der Waals surface area (Å²) in [6, 6.07) is 9.46. The first-order valence-electron chi connectivity index (χ1n) is 8.92. The highest BCUT2D eigenvalue weighted by Gasteiger charge is 2.27. The van der Waals surface area contributed by atoms with Crippen molar-refractivity contribution in [2.75, 3.05) is 37.0 Å². The van der Waals surface area contributed by atoms with Crippen LogP contribution in [-0.4, -0.2) is 44.7 Å². The van der Waals surface area contributed by atoms with Gasteiger partial charge in [-0.1, -0.05) is 18.2 Å². The van der Waals surface area contributed by atoms with Crippen LogP contribution < -0.4 is 10.2 Å². The number of para-hydroxylation sites is 1. The maximum absolute atomic E-state index is 12.5. The van der Waals surface area contributed by atoms with Crippen LogP contribution in [0.3, 0.4) is 0 Å². The Balaban J connectivity index is 2.25. The average molecular weight is 404 g/mol. The van der Waals surface area contributed by atoms with Crippen LogP contribution in [0.15, 0.2) is 30.3 Å². The summed E-state index contributed by atoms with van der Waals surface area (Å²) in [4.78, 5) is 39.1. The molecule has 8 heteroatoms. The van der Waals surface area contributed by atoms with E-state index in [1.165, 1.54) is 0 Å². The fourth-order valence-electron chi connectivity index (χ4n) is 2.60. The van der Waals surface area contributed by atoms with Gasteiger partial charge < -0.3 is 19.7 Å². The molecule has 1 heterocycles. The predicted octanol–water partition coefficient (Wildman–Crippen LogP) is 3.48. The molecule has 0 saturated carbocycles. The Morgan fingerprint density at radius 1 is 1.04 bits per heavy atom. The Hall–Kier alpha value is -2.87. The molecule has 0 fully saturated rings. The van der Waals surface area contributed by atoms with Crippen molar-refractivity contribution in [3.05, 3.63) is 46.3 Å². The van der Waals surface area contributed by atoms with E-state index in [-0.39, 0.29) is 41.1 Å². The van der Waals surface area contributed by atoms with E-state index in [4.69, 9.17) is 9.47 Å². The van der Waals surface area contributed by atoms with Crippen molar-refractivity contribution in [2.45, 2.75) is 20.8 Å². The van der Waals surface area contributed by atoms with Gasteiger partial charge in [-0.2, -0.15) is 0 Å². The number of hydrogen-bond acceptors (Lipinski definition) is 7. The summed E-state index contributed by atoms with van der Waals surface area (Å²) >= 11 is 1.01. The average Bonchev–Trinajstić information content (AvgIpc) is 2.98. The summed E-state index contributed by atoms with van der Waals surface area (Å²) < 4.78 is 10.1. The topological polar surface area (TPSA) is 84.9 Å². The van der Waals surface area contributed by atoms with Gasteiger partial charge in [0.05, 0.1) is 25.3 Å². The van der Waals surface area contributed by atoms with Crippen molar-refractivity contribution in [3.63, 3.8) is 0 Å². The summed E-state index contributed by atoms with van der Waals surface area (Å²) in [6.45, 7) is 5.52. The largest absolute Gasteiger partial charge is 0.462 e. The monoisotopic (exact) mass is 404 g/mol. The third-order valence-corrected chi connectivity index (χ3v) is 5.11. The number of esters is 2. The summed E-state index contributed by atoms with van der Waals surface area (Å²) in [5.41, 5.74) is 1.51. The Bertz CT molecular complexity index is 848. The van der Waals surface area contributed by atoms with Crippen LogP contribution in [0, 0.1) is 6.92 Å². The third-order valence-electron chi connectivity index (χ3n) is 3.92. The Kier molecular flexibility index (Phi) is 7.57. The van der Waals surface area contributed by atoms with Gasteiger partial charge in [-0.15, -0.1) is 11.3 Å². The second-order valence-corrected chi connectivity index (χ2v) is 6.96. The van der Waals surface area contributed by atoms with Crippen LogP contribution in [-0.2, 0) is 14.3 Å². The van der Waals surface area contributed by atoms with Crippen molar-refractivity contribution in [3.8, 4) is 0 Å². The Morgan fingerprint density at radius 2 is 1.64 bits per heavy atom. The molecular formula is C20H24N2O5S. The number of nitrogens with zero attached hydrogens (tertiary/aromatic N) is 1. The lowest BCUT2D eigenvalue weighted by molar-refractivity contribution is -0.114. The predicted molar refractivity (Wildman–Crippen MR) is 109 cm³/mol. The van der Waals surface area contributed by atoms with Crippen molar-refractivity contribution >= 4 is 39.9 Å². The van der Waals surface area contributed by atoms with E-state index >= 15 is 0 Å². The van der Waals surface area contributed by atoms with Crippen molar-refractivity contribution in [1.82, 2.24) is 0 Å². The molecule has 0 saturated heterocycles. The summed E-state index contributed by atoms with van der Waals surface area (Å²) in [6.07, 6.45) is 0. The summed E-state index contributed by atoms with van der Waals surface area (Å²) in [5.74, 6) is -1.43. The second-order valence-electron chi connectivity index (χ2n) is 5.94. The zero-order valence-electron chi connectivity index (χ0n) is 16.4. The van der Waals surface area contributed by atoms with Gasteiger partial charge in [0, 0.05) is 12.7 Å². The molecule has 28 heavy (non-hydrogen) atoms. The summed E-state index contributed by atoms with van der Waals surface area (Å²) in [5, 5.41) is 3.02. The van der Waals surface area contributed by atoms with Crippen LogP contribution in [0.2, 0.25) is 0 Å². The van der Waals surface area contributed by atoms with Crippen molar-refractivity contribution in [2.24, 2.45) is 0 Å². The van der Waals surface area contributed by atoms with Crippen LogP contribution in [0.1, 0.15) is 39.4 Å². The van der Waals surface area contributed by atoms with E-state index in [0.717, 1.165) is 17.0 Å². The van der Waals surface area contributed by atoms with E-state index in [9.17, 15) is 14.4 Å². The molecule has 1 aromatic heterocycles. The van der Waals surface area contributed by atoms with E-state index in [1.54, 1.807) is 32.7 Å². The highest BCUT2D eigenvalue weighted by molar-refractivity contribution is 7.18. The van der Waals surface area contributed by atoms with E-state index < -0.39 is 11.9 Å². The molecule has 0 aliphatic rings. The van der Waals surface area contributed by atoms with Gasteiger partial charge in [0.25, 0.3) is 0 Å².